The Bertz CT molecular complexity index is 1110. The van der Waals surface area contributed by atoms with Crippen LogP contribution >= 0.6 is 0 Å². The highest BCUT2D eigenvalue weighted by atomic mass is 16.5. The smallest absolute Gasteiger partial charge is 0.407 e. The van der Waals surface area contributed by atoms with Crippen LogP contribution in [0.5, 0.6) is 0 Å². The SMILES string of the molecule is CN(C(=O)C(CCCC#N)NC(=O)OCC1c2ccccc2-c2ccccc21)C1CC(C(=O)O)C1. The fourth-order valence-electron chi connectivity index (χ4n) is 4.96. The van der Waals surface area contributed by atoms with Gasteiger partial charge in [0.15, 0.2) is 0 Å². The van der Waals surface area contributed by atoms with E-state index in [-0.39, 0.29) is 30.9 Å². The summed E-state index contributed by atoms with van der Waals surface area (Å²) < 4.78 is 5.59. The quantitative estimate of drug-likeness (QED) is 0.531. The van der Waals surface area contributed by atoms with Gasteiger partial charge in [-0.2, -0.15) is 5.26 Å². The molecule has 1 atom stereocenters. The first kappa shape index (κ1) is 24.3. The number of nitriles is 1. The fourth-order valence-corrected chi connectivity index (χ4v) is 4.96. The number of fused-ring (bicyclic) bond motifs is 3. The standard InChI is InChI=1S/C27H29N3O5/c1-30(18-14-17(15-18)26(32)33)25(31)24(12-6-7-13-28)29-27(34)35-16-23-21-10-4-2-8-19(21)20-9-3-5-11-22(20)23/h2-5,8-11,17-18,23-24H,6-7,12,14-16H2,1H3,(H,29,34)(H,32,33). The van der Waals surface area contributed by atoms with Crippen LogP contribution in [0.1, 0.15) is 49.1 Å². The summed E-state index contributed by atoms with van der Waals surface area (Å²) in [4.78, 5) is 38.5. The molecule has 1 fully saturated rings. The molecule has 182 valence electrons. The number of nitrogens with zero attached hydrogens (tertiary/aromatic N) is 2. The molecule has 0 bridgehead atoms. The molecule has 2 aliphatic rings. The van der Waals surface area contributed by atoms with E-state index in [1.54, 1.807) is 7.05 Å². The number of unbranched alkanes of at least 4 members (excludes halogenated alkanes) is 1. The minimum Gasteiger partial charge on any atom is -0.481 e. The van der Waals surface area contributed by atoms with Crippen LogP contribution in [0.25, 0.3) is 11.1 Å². The molecule has 0 aromatic heterocycles. The molecule has 4 rings (SSSR count). The van der Waals surface area contributed by atoms with E-state index in [1.165, 1.54) is 4.90 Å². The first-order valence-corrected chi connectivity index (χ1v) is 11.9. The summed E-state index contributed by atoms with van der Waals surface area (Å²) in [5, 5.41) is 20.7. The summed E-state index contributed by atoms with van der Waals surface area (Å²) in [5.74, 6) is -1.69. The molecular formula is C27H29N3O5. The molecule has 2 amide bonds. The third-order valence-electron chi connectivity index (χ3n) is 7.07. The van der Waals surface area contributed by atoms with Gasteiger partial charge in [0, 0.05) is 25.4 Å². The fraction of sp³-hybridized carbons (Fsp3) is 0.407. The van der Waals surface area contributed by atoms with Gasteiger partial charge in [-0.05, 0) is 47.9 Å². The van der Waals surface area contributed by atoms with Crippen molar-refractivity contribution >= 4 is 18.0 Å². The first-order chi connectivity index (χ1) is 16.9. The largest absolute Gasteiger partial charge is 0.481 e. The van der Waals surface area contributed by atoms with E-state index < -0.39 is 24.0 Å². The number of nitrogens with one attached hydrogen (secondary N) is 1. The van der Waals surface area contributed by atoms with Gasteiger partial charge in [-0.1, -0.05) is 48.5 Å². The number of rotatable bonds is 9. The number of likely N-dealkylation sites (N-methyl/N-ethyl adjacent to an activating group) is 1. The number of carboxylic acid groups (broad SMARTS) is 1. The molecule has 0 saturated heterocycles. The van der Waals surface area contributed by atoms with Crippen molar-refractivity contribution in [2.24, 2.45) is 5.92 Å². The monoisotopic (exact) mass is 475 g/mol. The molecule has 8 nitrogen and oxygen atoms in total. The van der Waals surface area contributed by atoms with Crippen molar-refractivity contribution in [1.82, 2.24) is 10.2 Å². The van der Waals surface area contributed by atoms with Crippen LogP contribution in [0.15, 0.2) is 48.5 Å². The average molecular weight is 476 g/mol. The van der Waals surface area contributed by atoms with Gasteiger partial charge in [0.25, 0.3) is 0 Å². The van der Waals surface area contributed by atoms with E-state index in [4.69, 9.17) is 15.1 Å². The minimum absolute atomic E-state index is 0.0912. The second-order valence-corrected chi connectivity index (χ2v) is 9.18. The molecule has 0 spiro atoms. The number of hydrogen-bond donors (Lipinski definition) is 2. The Morgan fingerprint density at radius 3 is 2.29 bits per heavy atom. The topological polar surface area (TPSA) is 120 Å². The highest BCUT2D eigenvalue weighted by Gasteiger charge is 2.40. The minimum atomic E-state index is -0.857. The van der Waals surface area contributed by atoms with Gasteiger partial charge in [-0.25, -0.2) is 4.79 Å². The van der Waals surface area contributed by atoms with Crippen molar-refractivity contribution in [2.75, 3.05) is 13.7 Å². The summed E-state index contributed by atoms with van der Waals surface area (Å²) >= 11 is 0. The Morgan fingerprint density at radius 2 is 1.71 bits per heavy atom. The number of hydrogen-bond acceptors (Lipinski definition) is 5. The molecule has 1 unspecified atom stereocenters. The molecule has 0 aliphatic heterocycles. The Labute approximate surface area is 204 Å². The Balaban J connectivity index is 1.39. The highest BCUT2D eigenvalue weighted by molar-refractivity contribution is 5.86. The second-order valence-electron chi connectivity index (χ2n) is 9.18. The van der Waals surface area contributed by atoms with Crippen molar-refractivity contribution in [2.45, 2.75) is 50.1 Å². The van der Waals surface area contributed by atoms with Gasteiger partial charge >= 0.3 is 12.1 Å². The third kappa shape index (κ3) is 5.14. The van der Waals surface area contributed by atoms with E-state index in [2.05, 4.69) is 23.5 Å². The van der Waals surface area contributed by atoms with Gasteiger partial charge in [0.2, 0.25) is 5.91 Å². The van der Waals surface area contributed by atoms with Crippen LogP contribution in [-0.4, -0.2) is 53.7 Å². The molecule has 2 aromatic rings. The van der Waals surface area contributed by atoms with Crippen LogP contribution in [0.3, 0.4) is 0 Å². The molecular weight excluding hydrogens is 446 g/mol. The lowest BCUT2D eigenvalue weighted by Gasteiger charge is -2.40. The zero-order valence-corrected chi connectivity index (χ0v) is 19.6. The van der Waals surface area contributed by atoms with Gasteiger partial charge in [-0.15, -0.1) is 0 Å². The van der Waals surface area contributed by atoms with Gasteiger partial charge in [0.05, 0.1) is 12.0 Å². The highest BCUT2D eigenvalue weighted by Crippen LogP contribution is 2.44. The average Bonchev–Trinajstić information content (AvgIpc) is 3.14. The Hall–Kier alpha value is -3.86. The summed E-state index contributed by atoms with van der Waals surface area (Å²) in [7, 11) is 1.63. The van der Waals surface area contributed by atoms with Crippen molar-refractivity contribution in [3.8, 4) is 17.2 Å². The Morgan fingerprint density at radius 1 is 1.11 bits per heavy atom. The maximum Gasteiger partial charge on any atom is 0.407 e. The van der Waals surface area contributed by atoms with Crippen molar-refractivity contribution in [3.05, 3.63) is 59.7 Å². The Kier molecular flexibility index (Phi) is 7.35. The number of benzene rings is 2. The molecule has 8 heteroatoms. The lowest BCUT2D eigenvalue weighted by molar-refractivity contribution is -0.150. The van der Waals surface area contributed by atoms with E-state index in [1.807, 2.05) is 36.4 Å². The van der Waals surface area contributed by atoms with Gasteiger partial charge < -0.3 is 20.1 Å². The number of carboxylic acids is 1. The summed E-state index contributed by atoms with van der Waals surface area (Å²) in [6.07, 6.45) is 1.13. The van der Waals surface area contributed by atoms with E-state index in [0.717, 1.165) is 22.3 Å². The molecule has 2 aliphatic carbocycles. The molecule has 0 radical (unpaired) electrons. The molecule has 0 heterocycles. The van der Waals surface area contributed by atoms with Crippen LogP contribution in [0.2, 0.25) is 0 Å². The molecule has 2 aromatic carbocycles. The van der Waals surface area contributed by atoms with Crippen LogP contribution < -0.4 is 5.32 Å². The van der Waals surface area contributed by atoms with Crippen molar-refractivity contribution in [3.63, 3.8) is 0 Å². The number of ether oxygens (including phenoxy) is 1. The summed E-state index contributed by atoms with van der Waals surface area (Å²) in [5.41, 5.74) is 4.45. The van der Waals surface area contributed by atoms with Crippen LogP contribution in [0, 0.1) is 17.2 Å². The zero-order chi connectivity index (χ0) is 24.9. The predicted molar refractivity (Wildman–Crippen MR) is 128 cm³/mol. The number of carbonyl (C=O) groups excluding carboxylic acids is 2. The number of amides is 2. The second kappa shape index (κ2) is 10.6. The molecule has 35 heavy (non-hydrogen) atoms. The first-order valence-electron chi connectivity index (χ1n) is 11.9. The number of aliphatic carboxylic acids is 1. The zero-order valence-electron chi connectivity index (χ0n) is 19.6. The van der Waals surface area contributed by atoms with Gasteiger partial charge in [0.1, 0.15) is 12.6 Å². The number of carbonyl (C=O) groups is 3. The predicted octanol–water partition coefficient (Wildman–Crippen LogP) is 3.91. The normalized spacial score (nSPS) is 18.9. The van der Waals surface area contributed by atoms with E-state index >= 15 is 0 Å². The summed E-state index contributed by atoms with van der Waals surface area (Å²) in [6, 6.07) is 17.1. The van der Waals surface area contributed by atoms with E-state index in [0.29, 0.717) is 25.7 Å². The summed E-state index contributed by atoms with van der Waals surface area (Å²) in [6.45, 7) is 0.137. The van der Waals surface area contributed by atoms with Crippen LogP contribution in [0.4, 0.5) is 4.79 Å². The lowest BCUT2D eigenvalue weighted by atomic mass is 9.79. The van der Waals surface area contributed by atoms with Crippen LogP contribution in [-0.2, 0) is 14.3 Å². The maximum absolute atomic E-state index is 13.1. The maximum atomic E-state index is 13.1. The third-order valence-corrected chi connectivity index (χ3v) is 7.07. The van der Waals surface area contributed by atoms with Gasteiger partial charge in [-0.3, -0.25) is 9.59 Å². The van der Waals surface area contributed by atoms with Crippen molar-refractivity contribution < 1.29 is 24.2 Å². The molecule has 1 saturated carbocycles. The van der Waals surface area contributed by atoms with Crippen molar-refractivity contribution in [1.29, 1.82) is 5.26 Å². The molecule has 2 N–H and O–H groups in total. The van der Waals surface area contributed by atoms with E-state index in [9.17, 15) is 14.4 Å². The lowest BCUT2D eigenvalue weighted by Crippen LogP contribution is -2.54. The number of alkyl carbamates (subject to hydrolysis) is 1.